The van der Waals surface area contributed by atoms with E-state index in [2.05, 4.69) is 148 Å². The molecule has 11 rings (SSSR count). The Kier molecular flexibility index (Phi) is 7.95. The maximum absolute atomic E-state index is 15.0. The lowest BCUT2D eigenvalue weighted by molar-refractivity contribution is 0.628. The second kappa shape index (κ2) is 13.1. The Morgan fingerprint density at radius 3 is 1.84 bits per heavy atom. The summed E-state index contributed by atoms with van der Waals surface area (Å²) >= 11 is 0. The number of fused-ring (bicyclic) bond motifs is 5. The highest BCUT2D eigenvalue weighted by Crippen LogP contribution is 2.54. The van der Waals surface area contributed by atoms with Gasteiger partial charge in [0.05, 0.1) is 5.69 Å². The van der Waals surface area contributed by atoms with Gasteiger partial charge in [0.25, 0.3) is 0 Å². The van der Waals surface area contributed by atoms with E-state index in [0.29, 0.717) is 0 Å². The van der Waals surface area contributed by atoms with Crippen LogP contribution in [0.3, 0.4) is 0 Å². The standard InChI is InChI=1S/C50H32FN.C5H8/c1-50(2)43-15-6-5-12-33(43)40-27-41-42(28-44(40)50)49(36-14-4-3-13-35(36)46(41)31-10-9-11-32(51)26-31)39-24-20-30-18-22-37-34(45-16-7-8-25-52-45)21-17-29-19-23-38(39)48(30)47(29)37;1-4-5(2)3/h3-28H,1-2H3;4H,1-2H2,3H3. The van der Waals surface area contributed by atoms with Gasteiger partial charge in [-0.25, -0.2) is 4.39 Å². The first-order valence-corrected chi connectivity index (χ1v) is 19.5. The molecule has 0 unspecified atom stereocenters. The Hall–Kier alpha value is -6.90. The van der Waals surface area contributed by atoms with E-state index in [4.69, 9.17) is 4.98 Å². The van der Waals surface area contributed by atoms with Crippen LogP contribution in [0.2, 0.25) is 0 Å². The summed E-state index contributed by atoms with van der Waals surface area (Å²) in [4.78, 5) is 4.74. The Labute approximate surface area is 332 Å². The summed E-state index contributed by atoms with van der Waals surface area (Å²) < 4.78 is 15.0. The lowest BCUT2D eigenvalue weighted by Crippen LogP contribution is -2.14. The van der Waals surface area contributed by atoms with Crippen molar-refractivity contribution >= 4 is 53.9 Å². The normalized spacial score (nSPS) is 12.8. The van der Waals surface area contributed by atoms with Gasteiger partial charge in [-0.1, -0.05) is 154 Å². The van der Waals surface area contributed by atoms with Crippen LogP contribution in [0.5, 0.6) is 0 Å². The zero-order valence-corrected chi connectivity index (χ0v) is 32.3. The maximum Gasteiger partial charge on any atom is 0.123 e. The molecule has 0 fully saturated rings. The van der Waals surface area contributed by atoms with Gasteiger partial charge < -0.3 is 0 Å². The van der Waals surface area contributed by atoms with Gasteiger partial charge in [-0.3, -0.25) is 4.98 Å². The van der Waals surface area contributed by atoms with Crippen molar-refractivity contribution < 1.29 is 4.39 Å². The number of aromatic nitrogens is 1. The molecule has 0 bridgehead atoms. The van der Waals surface area contributed by atoms with Crippen LogP contribution in [0.1, 0.15) is 31.9 Å². The molecule has 1 aliphatic rings. The Balaban J connectivity index is 0.000000749. The Bertz CT molecular complexity index is 3260. The number of hydrogen-bond acceptors (Lipinski definition) is 1. The summed E-state index contributed by atoms with van der Waals surface area (Å²) in [5.74, 6) is -0.233. The Morgan fingerprint density at radius 2 is 1.16 bits per heavy atom. The zero-order valence-electron chi connectivity index (χ0n) is 32.3. The average Bonchev–Trinajstić information content (AvgIpc) is 3.46. The number of hydrogen-bond donors (Lipinski definition) is 0. The molecule has 0 atom stereocenters. The largest absolute Gasteiger partial charge is 0.256 e. The van der Waals surface area contributed by atoms with Crippen molar-refractivity contribution in [3.05, 3.63) is 200 Å². The second-order valence-electron chi connectivity index (χ2n) is 15.8. The molecule has 0 saturated heterocycles. The minimum absolute atomic E-state index is 0.174. The molecule has 9 aromatic carbocycles. The van der Waals surface area contributed by atoms with Crippen molar-refractivity contribution in [1.82, 2.24) is 4.98 Å². The van der Waals surface area contributed by atoms with Gasteiger partial charge in [-0.2, -0.15) is 0 Å². The summed E-state index contributed by atoms with van der Waals surface area (Å²) in [6.07, 6.45) is 3.59. The van der Waals surface area contributed by atoms with Gasteiger partial charge >= 0.3 is 0 Å². The predicted octanol–water partition coefficient (Wildman–Crippen LogP) is 15.5. The predicted molar refractivity (Wildman–Crippen MR) is 242 cm³/mol. The third-order valence-corrected chi connectivity index (χ3v) is 12.1. The first-order valence-electron chi connectivity index (χ1n) is 19.5. The molecule has 0 radical (unpaired) electrons. The quantitative estimate of drug-likeness (QED) is 0.0997. The summed E-state index contributed by atoms with van der Waals surface area (Å²) in [6.45, 7) is 13.6. The van der Waals surface area contributed by atoms with Crippen molar-refractivity contribution in [3.8, 4) is 44.6 Å². The van der Waals surface area contributed by atoms with Gasteiger partial charge in [0, 0.05) is 17.2 Å². The summed E-state index contributed by atoms with van der Waals surface area (Å²) in [5.41, 5.74) is 12.5. The fraction of sp³-hybridized carbons (Fsp3) is 0.0727. The molecule has 0 amide bonds. The molecule has 2 heteroatoms. The molecular formula is C55H40FN. The summed E-state index contributed by atoms with van der Waals surface area (Å²) in [5, 5.41) is 12.0. The van der Waals surface area contributed by atoms with E-state index < -0.39 is 0 Å². The van der Waals surface area contributed by atoms with E-state index in [0.717, 1.165) is 44.1 Å². The van der Waals surface area contributed by atoms with E-state index in [-0.39, 0.29) is 11.2 Å². The van der Waals surface area contributed by atoms with Gasteiger partial charge in [0.15, 0.2) is 0 Å². The van der Waals surface area contributed by atoms with E-state index >= 15 is 4.39 Å². The minimum atomic E-state index is -0.233. The van der Waals surface area contributed by atoms with Crippen LogP contribution in [0.25, 0.3) is 98.5 Å². The molecular weight excluding hydrogens is 694 g/mol. The topological polar surface area (TPSA) is 12.9 Å². The van der Waals surface area contributed by atoms with Crippen LogP contribution in [0, 0.1) is 5.82 Å². The lowest BCUT2D eigenvalue weighted by atomic mass is 9.79. The molecule has 1 nitrogen and oxygen atoms in total. The molecule has 10 aromatic rings. The van der Waals surface area contributed by atoms with Crippen LogP contribution in [0.4, 0.5) is 4.39 Å². The lowest BCUT2D eigenvalue weighted by Gasteiger charge is -2.24. The highest BCUT2D eigenvalue weighted by Gasteiger charge is 2.36. The summed E-state index contributed by atoms with van der Waals surface area (Å²) in [6, 6.07) is 53.7. The SMILES string of the molecule is C=CC(=C)C.CC1(C)c2ccccc2-c2cc3c(-c4cccc(F)c4)c4ccccc4c(-c4ccc5ccc6c(-c7ccccn7)ccc7ccc4c5c76)c3cc21. The van der Waals surface area contributed by atoms with Crippen LogP contribution < -0.4 is 0 Å². The first kappa shape index (κ1) is 34.6. The van der Waals surface area contributed by atoms with E-state index in [1.54, 1.807) is 12.1 Å². The van der Waals surface area contributed by atoms with Crippen molar-refractivity contribution in [1.29, 1.82) is 0 Å². The van der Waals surface area contributed by atoms with Gasteiger partial charge in [-0.15, -0.1) is 0 Å². The molecule has 1 aliphatic carbocycles. The van der Waals surface area contributed by atoms with E-state index in [1.165, 1.54) is 77.2 Å². The highest BCUT2D eigenvalue weighted by atomic mass is 19.1. The molecule has 0 spiro atoms. The van der Waals surface area contributed by atoms with Crippen LogP contribution >= 0.6 is 0 Å². The third-order valence-electron chi connectivity index (χ3n) is 12.1. The van der Waals surface area contributed by atoms with E-state index in [1.807, 2.05) is 31.3 Å². The second-order valence-corrected chi connectivity index (χ2v) is 15.8. The van der Waals surface area contributed by atoms with Crippen LogP contribution in [-0.2, 0) is 5.41 Å². The number of pyridine rings is 1. The minimum Gasteiger partial charge on any atom is -0.256 e. The average molecular weight is 734 g/mol. The van der Waals surface area contributed by atoms with Crippen molar-refractivity contribution in [2.75, 3.05) is 0 Å². The molecule has 0 saturated carbocycles. The van der Waals surface area contributed by atoms with E-state index in [9.17, 15) is 0 Å². The van der Waals surface area contributed by atoms with Crippen LogP contribution in [-0.4, -0.2) is 4.98 Å². The number of benzene rings is 9. The smallest absolute Gasteiger partial charge is 0.123 e. The number of halogens is 1. The molecule has 0 N–H and O–H groups in total. The molecule has 1 heterocycles. The third kappa shape index (κ3) is 5.32. The number of nitrogens with zero attached hydrogens (tertiary/aromatic N) is 1. The zero-order chi connectivity index (χ0) is 39.0. The molecule has 57 heavy (non-hydrogen) atoms. The van der Waals surface area contributed by atoms with Crippen LogP contribution in [0.15, 0.2) is 183 Å². The molecule has 272 valence electrons. The fourth-order valence-electron chi connectivity index (χ4n) is 9.38. The van der Waals surface area contributed by atoms with Crippen molar-refractivity contribution in [3.63, 3.8) is 0 Å². The first-order chi connectivity index (χ1) is 27.7. The summed E-state index contributed by atoms with van der Waals surface area (Å²) in [7, 11) is 0. The number of rotatable bonds is 4. The molecule has 1 aromatic heterocycles. The van der Waals surface area contributed by atoms with Crippen molar-refractivity contribution in [2.24, 2.45) is 0 Å². The van der Waals surface area contributed by atoms with Gasteiger partial charge in [0.1, 0.15) is 5.82 Å². The maximum atomic E-state index is 15.0. The van der Waals surface area contributed by atoms with Gasteiger partial charge in [-0.05, 0) is 142 Å². The monoisotopic (exact) mass is 733 g/mol. The fourth-order valence-corrected chi connectivity index (χ4v) is 9.38. The van der Waals surface area contributed by atoms with Gasteiger partial charge in [0.2, 0.25) is 0 Å². The highest BCUT2D eigenvalue weighted by molar-refractivity contribution is 6.30. The molecule has 0 aliphatic heterocycles. The Morgan fingerprint density at radius 1 is 0.544 bits per heavy atom. The van der Waals surface area contributed by atoms with Crippen molar-refractivity contribution in [2.45, 2.75) is 26.2 Å². The number of allylic oxidation sites excluding steroid dienone is 2.